The largest absolute Gasteiger partial charge is 0.458 e. The van der Waals surface area contributed by atoms with Gasteiger partial charge in [0.2, 0.25) is 0 Å². The lowest BCUT2D eigenvalue weighted by Crippen LogP contribution is -2.45. The summed E-state index contributed by atoms with van der Waals surface area (Å²) >= 11 is 0. The summed E-state index contributed by atoms with van der Waals surface area (Å²) in [5.74, 6) is 1.50. The molecule has 2 unspecified atom stereocenters. The summed E-state index contributed by atoms with van der Waals surface area (Å²) in [7, 11) is 0. The summed E-state index contributed by atoms with van der Waals surface area (Å²) in [5.41, 5.74) is 2.54. The standard InChI is InChI=1S/C20H24O4/c1-3-15-5-9-17(10-6-15)23-19-20(22-14-13-21-19)24-18-11-7-16(4-2)8-12-18/h5-12,19-20H,3-4,13-14H2,1-2H3. The SMILES string of the molecule is CCc1ccc(OC2OCCOC2Oc2ccc(CC)cc2)cc1. The first-order valence-corrected chi connectivity index (χ1v) is 8.53. The fourth-order valence-electron chi connectivity index (χ4n) is 2.54. The molecule has 2 aromatic carbocycles. The van der Waals surface area contributed by atoms with Gasteiger partial charge in [-0.2, -0.15) is 0 Å². The van der Waals surface area contributed by atoms with Crippen molar-refractivity contribution >= 4 is 0 Å². The van der Waals surface area contributed by atoms with Gasteiger partial charge in [0.1, 0.15) is 11.5 Å². The minimum atomic E-state index is -0.586. The number of hydrogen-bond donors (Lipinski definition) is 0. The zero-order chi connectivity index (χ0) is 16.8. The van der Waals surface area contributed by atoms with Gasteiger partial charge in [-0.05, 0) is 48.2 Å². The lowest BCUT2D eigenvalue weighted by molar-refractivity contribution is -0.271. The van der Waals surface area contributed by atoms with Crippen LogP contribution in [-0.2, 0) is 22.3 Å². The Bertz CT molecular complexity index is 564. The van der Waals surface area contributed by atoms with Gasteiger partial charge in [-0.25, -0.2) is 0 Å². The van der Waals surface area contributed by atoms with Crippen LogP contribution in [0.3, 0.4) is 0 Å². The molecule has 2 atom stereocenters. The molecule has 24 heavy (non-hydrogen) atoms. The number of aryl methyl sites for hydroxylation is 2. The van der Waals surface area contributed by atoms with E-state index in [1.807, 2.05) is 24.3 Å². The smallest absolute Gasteiger partial charge is 0.263 e. The highest BCUT2D eigenvalue weighted by Crippen LogP contribution is 2.22. The van der Waals surface area contributed by atoms with E-state index in [0.29, 0.717) is 13.2 Å². The van der Waals surface area contributed by atoms with E-state index in [-0.39, 0.29) is 0 Å². The Balaban J connectivity index is 1.65. The molecule has 0 N–H and O–H groups in total. The van der Waals surface area contributed by atoms with Gasteiger partial charge in [-0.1, -0.05) is 38.1 Å². The molecule has 4 nitrogen and oxygen atoms in total. The van der Waals surface area contributed by atoms with Gasteiger partial charge in [0.15, 0.2) is 0 Å². The molecule has 4 heteroatoms. The predicted octanol–water partition coefficient (Wildman–Crippen LogP) is 3.97. The molecule has 0 amide bonds. The monoisotopic (exact) mass is 328 g/mol. The van der Waals surface area contributed by atoms with Crippen LogP contribution in [0, 0.1) is 0 Å². The van der Waals surface area contributed by atoms with E-state index in [1.54, 1.807) is 0 Å². The second-order valence-corrected chi connectivity index (χ2v) is 5.71. The molecule has 0 aliphatic carbocycles. The molecule has 2 aromatic rings. The number of hydrogen-bond acceptors (Lipinski definition) is 4. The summed E-state index contributed by atoms with van der Waals surface area (Å²) in [6.07, 6.45) is 0.834. The van der Waals surface area contributed by atoms with Crippen LogP contribution in [-0.4, -0.2) is 25.8 Å². The van der Waals surface area contributed by atoms with E-state index in [4.69, 9.17) is 18.9 Å². The van der Waals surface area contributed by atoms with Gasteiger partial charge >= 0.3 is 0 Å². The predicted molar refractivity (Wildman–Crippen MR) is 92.4 cm³/mol. The minimum absolute atomic E-state index is 0.492. The molecule has 1 saturated heterocycles. The first-order chi connectivity index (χ1) is 11.8. The first-order valence-electron chi connectivity index (χ1n) is 8.53. The van der Waals surface area contributed by atoms with Gasteiger partial charge in [0, 0.05) is 0 Å². The average molecular weight is 328 g/mol. The van der Waals surface area contributed by atoms with E-state index in [9.17, 15) is 0 Å². The van der Waals surface area contributed by atoms with E-state index in [1.165, 1.54) is 11.1 Å². The molecule has 0 radical (unpaired) electrons. The fraction of sp³-hybridized carbons (Fsp3) is 0.400. The summed E-state index contributed by atoms with van der Waals surface area (Å²) in [5, 5.41) is 0. The van der Waals surface area contributed by atoms with Crippen molar-refractivity contribution in [3.05, 3.63) is 59.7 Å². The van der Waals surface area contributed by atoms with Gasteiger partial charge in [-0.15, -0.1) is 0 Å². The quantitative estimate of drug-likeness (QED) is 0.804. The minimum Gasteiger partial charge on any atom is -0.458 e. The molecule has 0 aromatic heterocycles. The van der Waals surface area contributed by atoms with Gasteiger partial charge in [-0.3, -0.25) is 0 Å². The highest BCUT2D eigenvalue weighted by atomic mass is 16.8. The Morgan fingerprint density at radius 3 is 1.42 bits per heavy atom. The summed E-state index contributed by atoms with van der Waals surface area (Å²) in [6.45, 7) is 5.24. The summed E-state index contributed by atoms with van der Waals surface area (Å²) < 4.78 is 23.2. The van der Waals surface area contributed by atoms with Crippen LogP contribution in [0.5, 0.6) is 11.5 Å². The number of benzene rings is 2. The van der Waals surface area contributed by atoms with E-state index < -0.39 is 12.6 Å². The lowest BCUT2D eigenvalue weighted by atomic mass is 10.2. The van der Waals surface area contributed by atoms with Crippen molar-refractivity contribution < 1.29 is 18.9 Å². The fourth-order valence-corrected chi connectivity index (χ4v) is 2.54. The lowest BCUT2D eigenvalue weighted by Gasteiger charge is -2.31. The normalized spacial score (nSPS) is 20.6. The molecular formula is C20H24O4. The van der Waals surface area contributed by atoms with Gasteiger partial charge < -0.3 is 18.9 Å². The highest BCUT2D eigenvalue weighted by molar-refractivity contribution is 5.28. The van der Waals surface area contributed by atoms with Crippen LogP contribution < -0.4 is 9.47 Å². The molecule has 128 valence electrons. The zero-order valence-electron chi connectivity index (χ0n) is 14.2. The van der Waals surface area contributed by atoms with Crippen molar-refractivity contribution in [1.82, 2.24) is 0 Å². The van der Waals surface area contributed by atoms with E-state index in [0.717, 1.165) is 24.3 Å². The maximum absolute atomic E-state index is 5.91. The molecule has 1 heterocycles. The third kappa shape index (κ3) is 4.28. The van der Waals surface area contributed by atoms with Gasteiger partial charge in [0.25, 0.3) is 12.6 Å². The zero-order valence-corrected chi connectivity index (χ0v) is 14.2. The van der Waals surface area contributed by atoms with Crippen LogP contribution >= 0.6 is 0 Å². The molecule has 1 aliphatic rings. The third-order valence-corrected chi connectivity index (χ3v) is 4.04. The van der Waals surface area contributed by atoms with E-state index in [2.05, 4.69) is 38.1 Å². The average Bonchev–Trinajstić information content (AvgIpc) is 2.64. The van der Waals surface area contributed by atoms with Crippen molar-refractivity contribution in [3.63, 3.8) is 0 Å². The molecule has 0 spiro atoms. The maximum Gasteiger partial charge on any atom is 0.263 e. The molecule has 1 aliphatic heterocycles. The Morgan fingerprint density at radius 1 is 0.708 bits per heavy atom. The Labute approximate surface area is 143 Å². The van der Waals surface area contributed by atoms with Gasteiger partial charge in [0.05, 0.1) is 13.2 Å². The number of ether oxygens (including phenoxy) is 4. The van der Waals surface area contributed by atoms with Crippen LogP contribution in [0.2, 0.25) is 0 Å². The van der Waals surface area contributed by atoms with E-state index >= 15 is 0 Å². The van der Waals surface area contributed by atoms with Crippen LogP contribution in [0.1, 0.15) is 25.0 Å². The molecule has 1 fully saturated rings. The van der Waals surface area contributed by atoms with Crippen LogP contribution in [0.15, 0.2) is 48.5 Å². The Morgan fingerprint density at radius 2 is 1.08 bits per heavy atom. The second kappa shape index (κ2) is 8.18. The Kier molecular flexibility index (Phi) is 5.72. The van der Waals surface area contributed by atoms with Crippen molar-refractivity contribution in [2.45, 2.75) is 39.3 Å². The molecule has 0 bridgehead atoms. The second-order valence-electron chi connectivity index (χ2n) is 5.71. The van der Waals surface area contributed by atoms with Crippen molar-refractivity contribution in [2.24, 2.45) is 0 Å². The van der Waals surface area contributed by atoms with Crippen molar-refractivity contribution in [3.8, 4) is 11.5 Å². The van der Waals surface area contributed by atoms with Crippen molar-refractivity contribution in [2.75, 3.05) is 13.2 Å². The van der Waals surface area contributed by atoms with Crippen LogP contribution in [0.4, 0.5) is 0 Å². The first kappa shape index (κ1) is 16.8. The molecule has 0 saturated carbocycles. The third-order valence-electron chi connectivity index (χ3n) is 4.04. The van der Waals surface area contributed by atoms with Crippen LogP contribution in [0.25, 0.3) is 0 Å². The summed E-state index contributed by atoms with van der Waals surface area (Å²) in [6, 6.07) is 16.0. The molecule has 3 rings (SSSR count). The summed E-state index contributed by atoms with van der Waals surface area (Å²) in [4.78, 5) is 0. The maximum atomic E-state index is 5.91. The highest BCUT2D eigenvalue weighted by Gasteiger charge is 2.30. The molecular weight excluding hydrogens is 304 g/mol. The topological polar surface area (TPSA) is 36.9 Å². The Hall–Kier alpha value is -2.04. The van der Waals surface area contributed by atoms with Crippen molar-refractivity contribution in [1.29, 1.82) is 0 Å². The number of rotatable bonds is 6.